The van der Waals surface area contributed by atoms with E-state index in [9.17, 15) is 0 Å². The van der Waals surface area contributed by atoms with E-state index < -0.39 is 5.54 Å². The fourth-order valence-corrected chi connectivity index (χ4v) is 7.55. The highest BCUT2D eigenvalue weighted by atomic mass is 35.5. The molecule has 1 atom stereocenters. The van der Waals surface area contributed by atoms with Crippen LogP contribution in [0.25, 0.3) is 0 Å². The number of rotatable bonds is 11. The second-order valence-corrected chi connectivity index (χ2v) is 13.2. The summed E-state index contributed by atoms with van der Waals surface area (Å²) in [5, 5.41) is 0.770. The van der Waals surface area contributed by atoms with Crippen molar-refractivity contribution in [3.63, 3.8) is 0 Å². The van der Waals surface area contributed by atoms with E-state index in [0.717, 1.165) is 48.9 Å². The third kappa shape index (κ3) is 6.81. The Labute approximate surface area is 283 Å². The van der Waals surface area contributed by atoms with Gasteiger partial charge in [0, 0.05) is 29.0 Å². The Bertz CT molecular complexity index is 1720. The lowest BCUT2D eigenvalue weighted by Gasteiger charge is -2.37. The molecule has 1 unspecified atom stereocenters. The Morgan fingerprint density at radius 3 is 1.81 bits per heavy atom. The highest BCUT2D eigenvalue weighted by molar-refractivity contribution is 6.30. The van der Waals surface area contributed by atoms with Gasteiger partial charge in [0.2, 0.25) is 0 Å². The lowest BCUT2D eigenvalue weighted by molar-refractivity contribution is 0.179. The number of aromatic nitrogens is 3. The molecular weight excluding hydrogens is 596 g/mol. The van der Waals surface area contributed by atoms with Crippen LogP contribution in [0, 0.1) is 5.92 Å². The van der Waals surface area contributed by atoms with E-state index in [-0.39, 0.29) is 5.92 Å². The quantitative estimate of drug-likeness (QED) is 0.133. The van der Waals surface area contributed by atoms with Crippen LogP contribution in [0.2, 0.25) is 5.02 Å². The zero-order valence-electron chi connectivity index (χ0n) is 26.7. The smallest absolute Gasteiger partial charge is 0.121 e. The van der Waals surface area contributed by atoms with Gasteiger partial charge < -0.3 is 9.47 Å². The second-order valence-electron chi connectivity index (χ2n) is 12.7. The molecular formula is C42H41ClN4. The van der Waals surface area contributed by atoms with E-state index in [1.165, 1.54) is 35.1 Å². The normalized spacial score (nSPS) is 15.0. The van der Waals surface area contributed by atoms with Gasteiger partial charge in [0.15, 0.2) is 0 Å². The molecule has 0 radical (unpaired) electrons. The second kappa shape index (κ2) is 14.5. The average molecular weight is 637 g/mol. The molecule has 1 fully saturated rings. The number of pyridine rings is 1. The monoisotopic (exact) mass is 636 g/mol. The van der Waals surface area contributed by atoms with Gasteiger partial charge in [0.1, 0.15) is 5.54 Å². The van der Waals surface area contributed by atoms with Gasteiger partial charge in [0.25, 0.3) is 0 Å². The molecule has 0 saturated carbocycles. The number of imidazole rings is 1. The molecule has 2 aromatic heterocycles. The van der Waals surface area contributed by atoms with Crippen LogP contribution in [0.4, 0.5) is 0 Å². The van der Waals surface area contributed by atoms with E-state index in [1.807, 2.05) is 30.7 Å². The number of halogens is 1. The molecule has 236 valence electrons. The minimum absolute atomic E-state index is 0.259. The van der Waals surface area contributed by atoms with Gasteiger partial charge in [-0.15, -0.1) is 0 Å². The molecule has 1 aliphatic heterocycles. The van der Waals surface area contributed by atoms with Gasteiger partial charge in [-0.3, -0.25) is 4.98 Å². The predicted molar refractivity (Wildman–Crippen MR) is 192 cm³/mol. The average Bonchev–Trinajstić information content (AvgIpc) is 3.60. The lowest BCUT2D eigenvalue weighted by atomic mass is 9.76. The number of nitrogens with zero attached hydrogens (tertiary/aromatic N) is 4. The number of benzene rings is 4. The molecule has 1 aliphatic rings. The zero-order valence-corrected chi connectivity index (χ0v) is 27.5. The number of hydrogen-bond donors (Lipinski definition) is 0. The summed E-state index contributed by atoms with van der Waals surface area (Å²) in [6.45, 7) is 3.28. The van der Waals surface area contributed by atoms with E-state index in [2.05, 4.69) is 131 Å². The minimum atomic E-state index is -0.521. The third-order valence-corrected chi connectivity index (χ3v) is 10.1. The molecule has 0 amide bonds. The topological polar surface area (TPSA) is 34.0 Å². The summed E-state index contributed by atoms with van der Waals surface area (Å²) in [7, 11) is 0. The van der Waals surface area contributed by atoms with Crippen molar-refractivity contribution in [2.45, 2.75) is 37.1 Å². The maximum Gasteiger partial charge on any atom is 0.121 e. The van der Waals surface area contributed by atoms with Crippen molar-refractivity contribution in [1.82, 2.24) is 19.4 Å². The highest BCUT2D eigenvalue weighted by Gasteiger charge is 2.38. The van der Waals surface area contributed by atoms with Crippen molar-refractivity contribution < 1.29 is 0 Å². The van der Waals surface area contributed by atoms with Crippen LogP contribution in [0.15, 0.2) is 152 Å². The predicted octanol–water partition coefficient (Wildman–Crippen LogP) is 9.25. The molecule has 6 aromatic rings. The first-order chi connectivity index (χ1) is 23.2. The zero-order chi connectivity index (χ0) is 31.9. The van der Waals surface area contributed by atoms with Gasteiger partial charge in [-0.25, -0.2) is 4.98 Å². The molecule has 0 spiro atoms. The Hall–Kier alpha value is -4.51. The minimum Gasteiger partial charge on any atom is -0.319 e. The first-order valence-corrected chi connectivity index (χ1v) is 17.2. The summed E-state index contributed by atoms with van der Waals surface area (Å²) in [6.07, 6.45) is 10.6. The van der Waals surface area contributed by atoms with Gasteiger partial charge in [-0.1, -0.05) is 121 Å². The van der Waals surface area contributed by atoms with E-state index in [0.29, 0.717) is 5.92 Å². The third-order valence-electron chi connectivity index (χ3n) is 9.85. The Kier molecular flexibility index (Phi) is 9.60. The fraction of sp³-hybridized carbons (Fsp3) is 0.238. The maximum atomic E-state index is 6.21. The van der Waals surface area contributed by atoms with Gasteiger partial charge in [-0.2, -0.15) is 0 Å². The van der Waals surface area contributed by atoms with Crippen molar-refractivity contribution in [3.05, 3.63) is 191 Å². The molecule has 1 saturated heterocycles. The van der Waals surface area contributed by atoms with Crippen LogP contribution in [0.3, 0.4) is 0 Å². The molecule has 4 aromatic carbocycles. The highest BCUT2D eigenvalue weighted by Crippen LogP contribution is 2.41. The molecule has 0 bridgehead atoms. The fourth-order valence-electron chi connectivity index (χ4n) is 7.42. The van der Waals surface area contributed by atoms with Gasteiger partial charge in [-0.05, 0) is 97.8 Å². The van der Waals surface area contributed by atoms with Crippen LogP contribution < -0.4 is 0 Å². The summed E-state index contributed by atoms with van der Waals surface area (Å²) in [5.41, 5.74) is 6.70. The van der Waals surface area contributed by atoms with Crippen LogP contribution >= 0.6 is 11.6 Å². The van der Waals surface area contributed by atoms with Crippen molar-refractivity contribution in [2.75, 3.05) is 19.6 Å². The van der Waals surface area contributed by atoms with E-state index in [1.54, 1.807) is 0 Å². The Balaban J connectivity index is 1.06. The van der Waals surface area contributed by atoms with Crippen LogP contribution in [-0.4, -0.2) is 39.1 Å². The Morgan fingerprint density at radius 2 is 1.26 bits per heavy atom. The van der Waals surface area contributed by atoms with Gasteiger partial charge >= 0.3 is 0 Å². The maximum absolute atomic E-state index is 6.21. The van der Waals surface area contributed by atoms with Crippen LogP contribution in [0.1, 0.15) is 58.8 Å². The SMILES string of the molecule is Clc1ccc(C(CCN2CCC(Cc3cn(C(c4ccccc4)(c4ccccc4)c4ccccc4)cn3)CC2)c2ccccn2)cc1. The molecule has 5 heteroatoms. The number of hydrogen-bond acceptors (Lipinski definition) is 3. The Morgan fingerprint density at radius 1 is 0.681 bits per heavy atom. The van der Waals surface area contributed by atoms with E-state index in [4.69, 9.17) is 21.6 Å². The molecule has 4 nitrogen and oxygen atoms in total. The lowest BCUT2D eigenvalue weighted by Crippen LogP contribution is -2.37. The van der Waals surface area contributed by atoms with Crippen molar-refractivity contribution in [3.8, 4) is 0 Å². The van der Waals surface area contributed by atoms with Gasteiger partial charge in [0.05, 0.1) is 12.0 Å². The molecule has 0 N–H and O–H groups in total. The largest absolute Gasteiger partial charge is 0.319 e. The summed E-state index contributed by atoms with van der Waals surface area (Å²) >= 11 is 6.21. The number of piperidine rings is 1. The molecule has 3 heterocycles. The van der Waals surface area contributed by atoms with Crippen LogP contribution in [0.5, 0.6) is 0 Å². The van der Waals surface area contributed by atoms with Crippen molar-refractivity contribution in [1.29, 1.82) is 0 Å². The first-order valence-electron chi connectivity index (χ1n) is 16.8. The summed E-state index contributed by atoms with van der Waals surface area (Å²) in [6, 6.07) is 47.0. The van der Waals surface area contributed by atoms with Crippen LogP contribution in [-0.2, 0) is 12.0 Å². The number of likely N-dealkylation sites (tertiary alicyclic amines) is 1. The standard InChI is InChI=1S/C42H41ClN4/c43-38-21-19-34(20-22-38)40(41-18-10-11-26-44-41)25-29-46-27-23-33(24-28-46)30-39-31-47(32-45-39)42(35-12-4-1-5-13-35,36-14-6-2-7-15-36)37-16-8-3-9-17-37/h1-22,26,31-33,40H,23-25,27-30H2. The molecule has 0 aliphatic carbocycles. The molecule has 7 rings (SSSR count). The molecule has 47 heavy (non-hydrogen) atoms. The summed E-state index contributed by atoms with van der Waals surface area (Å²) in [4.78, 5) is 12.4. The van der Waals surface area contributed by atoms with Crippen molar-refractivity contribution in [2.24, 2.45) is 5.92 Å². The summed E-state index contributed by atoms with van der Waals surface area (Å²) < 4.78 is 2.34. The van der Waals surface area contributed by atoms with E-state index >= 15 is 0 Å². The summed E-state index contributed by atoms with van der Waals surface area (Å²) in [5.74, 6) is 0.881. The van der Waals surface area contributed by atoms with Crippen molar-refractivity contribution >= 4 is 11.6 Å². The first kappa shape index (κ1) is 31.1.